The van der Waals surface area contributed by atoms with Crippen molar-refractivity contribution in [1.82, 2.24) is 9.71 Å². The first-order valence-electron chi connectivity index (χ1n) is 12.0. The molecule has 2 atom stereocenters. The number of aromatic nitrogens is 1. The van der Waals surface area contributed by atoms with Gasteiger partial charge in [-0.2, -0.15) is 0 Å². The zero-order chi connectivity index (χ0) is 24.3. The number of hydrogen-bond acceptors (Lipinski definition) is 6. The summed E-state index contributed by atoms with van der Waals surface area (Å²) in [4.78, 5) is 20.1. The lowest BCUT2D eigenvalue weighted by Crippen LogP contribution is -2.44. The standard InChI is InChI=1S/C25H32N4O4S/c1-15(2)28-34(32,33)19-7-8-21(16(3)11-19)27-23-13-22-20(14-26-23)25(9-10-25)24(31)29(22)17-5-4-6-18(30)12-17/h7-8,11,13-15,17-18,28,30H,4-6,9-10,12H2,1-3H3,(H,26,27)/t17-,18-/m0/s1. The van der Waals surface area contributed by atoms with Crippen LogP contribution in [0.25, 0.3) is 0 Å². The number of nitrogens with zero attached hydrogens (tertiary/aromatic N) is 2. The smallest absolute Gasteiger partial charge is 0.240 e. The summed E-state index contributed by atoms with van der Waals surface area (Å²) in [6.07, 6.45) is 6.33. The highest BCUT2D eigenvalue weighted by atomic mass is 32.2. The highest BCUT2D eigenvalue weighted by molar-refractivity contribution is 7.89. The van der Waals surface area contributed by atoms with Crippen LogP contribution in [0.2, 0.25) is 0 Å². The first-order chi connectivity index (χ1) is 16.1. The van der Waals surface area contributed by atoms with Crippen molar-refractivity contribution >= 4 is 33.1 Å². The predicted molar refractivity (Wildman–Crippen MR) is 131 cm³/mol. The van der Waals surface area contributed by atoms with Crippen molar-refractivity contribution in [1.29, 1.82) is 0 Å². The van der Waals surface area contributed by atoms with Gasteiger partial charge in [0.25, 0.3) is 0 Å². The van der Waals surface area contributed by atoms with E-state index in [0.717, 1.165) is 54.6 Å². The summed E-state index contributed by atoms with van der Waals surface area (Å²) >= 11 is 0. The summed E-state index contributed by atoms with van der Waals surface area (Å²) in [7, 11) is -3.57. The van der Waals surface area contributed by atoms with Gasteiger partial charge in [-0.05, 0) is 83.1 Å². The van der Waals surface area contributed by atoms with Gasteiger partial charge in [-0.15, -0.1) is 0 Å². The van der Waals surface area contributed by atoms with Crippen molar-refractivity contribution in [2.24, 2.45) is 0 Å². The van der Waals surface area contributed by atoms with Gasteiger partial charge in [-0.25, -0.2) is 18.1 Å². The van der Waals surface area contributed by atoms with Crippen LogP contribution in [0.3, 0.4) is 0 Å². The molecule has 1 amide bonds. The molecule has 0 saturated heterocycles. The van der Waals surface area contributed by atoms with E-state index < -0.39 is 15.4 Å². The number of aliphatic hydroxyl groups is 1. The molecule has 2 aromatic rings. The Morgan fingerprint density at radius 1 is 1.21 bits per heavy atom. The maximum atomic E-state index is 13.4. The Morgan fingerprint density at radius 3 is 2.62 bits per heavy atom. The molecule has 1 spiro atoms. The summed E-state index contributed by atoms with van der Waals surface area (Å²) in [5.41, 5.74) is 2.97. The van der Waals surface area contributed by atoms with Gasteiger partial charge < -0.3 is 15.3 Å². The third-order valence-electron chi connectivity index (χ3n) is 7.18. The number of nitrogens with one attached hydrogen (secondary N) is 2. The van der Waals surface area contributed by atoms with Crippen molar-refractivity contribution < 1.29 is 18.3 Å². The summed E-state index contributed by atoms with van der Waals surface area (Å²) in [5.74, 6) is 0.744. The Morgan fingerprint density at radius 2 is 1.97 bits per heavy atom. The molecule has 0 radical (unpaired) electrons. The maximum Gasteiger partial charge on any atom is 0.240 e. The van der Waals surface area contributed by atoms with Gasteiger partial charge >= 0.3 is 0 Å². The number of benzene rings is 1. The number of anilines is 3. The van der Waals surface area contributed by atoms with Crippen molar-refractivity contribution in [3.63, 3.8) is 0 Å². The Labute approximate surface area is 200 Å². The molecule has 0 bridgehead atoms. The molecule has 8 nitrogen and oxygen atoms in total. The third kappa shape index (κ3) is 3.99. The van der Waals surface area contributed by atoms with Gasteiger partial charge in [0.1, 0.15) is 5.82 Å². The van der Waals surface area contributed by atoms with Crippen LogP contribution in [-0.2, 0) is 20.2 Å². The third-order valence-corrected chi connectivity index (χ3v) is 8.84. The largest absolute Gasteiger partial charge is 0.393 e. The summed E-state index contributed by atoms with van der Waals surface area (Å²) in [6, 6.07) is 6.69. The first-order valence-corrected chi connectivity index (χ1v) is 13.5. The van der Waals surface area contributed by atoms with E-state index in [9.17, 15) is 18.3 Å². The second-order valence-corrected chi connectivity index (χ2v) is 11.9. The average Bonchev–Trinajstić information content (AvgIpc) is 3.52. The number of carbonyl (C=O) groups is 1. The van der Waals surface area contributed by atoms with Gasteiger partial charge in [0.05, 0.1) is 22.1 Å². The first kappa shape index (κ1) is 23.3. The minimum atomic E-state index is -3.57. The van der Waals surface area contributed by atoms with Gasteiger partial charge in [-0.1, -0.05) is 0 Å². The number of rotatable bonds is 6. The minimum Gasteiger partial charge on any atom is -0.393 e. The number of aliphatic hydroxyl groups excluding tert-OH is 1. The Kier molecular flexibility index (Phi) is 5.69. The number of aryl methyl sites for hydroxylation is 1. The molecule has 182 valence electrons. The van der Waals surface area contributed by atoms with Gasteiger partial charge in [0, 0.05) is 35.6 Å². The molecule has 1 aromatic carbocycles. The van der Waals surface area contributed by atoms with Crippen molar-refractivity contribution in [3.05, 3.63) is 41.6 Å². The molecule has 2 saturated carbocycles. The van der Waals surface area contributed by atoms with Crippen LogP contribution in [0, 0.1) is 6.92 Å². The summed E-state index contributed by atoms with van der Waals surface area (Å²) in [5, 5.41) is 13.5. The fourth-order valence-electron chi connectivity index (χ4n) is 5.34. The zero-order valence-electron chi connectivity index (χ0n) is 19.8. The average molecular weight is 485 g/mol. The van der Waals surface area contributed by atoms with E-state index in [-0.39, 0.29) is 29.0 Å². The fraction of sp³-hybridized carbons (Fsp3) is 0.520. The molecule has 3 N–H and O–H groups in total. The van der Waals surface area contributed by atoms with Crippen LogP contribution in [0.15, 0.2) is 35.4 Å². The Hall–Kier alpha value is -2.49. The molecule has 5 rings (SSSR count). The van der Waals surface area contributed by atoms with E-state index in [2.05, 4.69) is 15.0 Å². The molecule has 9 heteroatoms. The number of amides is 1. The second-order valence-electron chi connectivity index (χ2n) is 10.2. The van der Waals surface area contributed by atoms with Crippen LogP contribution in [-0.4, -0.2) is 42.6 Å². The molecule has 34 heavy (non-hydrogen) atoms. The van der Waals surface area contributed by atoms with E-state index in [4.69, 9.17) is 0 Å². The van der Waals surface area contributed by atoms with Gasteiger partial charge in [-0.3, -0.25) is 4.79 Å². The highest BCUT2D eigenvalue weighted by Crippen LogP contribution is 2.58. The van der Waals surface area contributed by atoms with Crippen LogP contribution < -0.4 is 14.9 Å². The van der Waals surface area contributed by atoms with Gasteiger partial charge in [0.2, 0.25) is 15.9 Å². The van der Waals surface area contributed by atoms with E-state index in [1.807, 2.05) is 24.1 Å². The summed E-state index contributed by atoms with van der Waals surface area (Å²) in [6.45, 7) is 5.42. The minimum absolute atomic E-state index is 0.00454. The molecule has 3 aliphatic rings. The monoisotopic (exact) mass is 484 g/mol. The van der Waals surface area contributed by atoms with Crippen LogP contribution in [0.5, 0.6) is 0 Å². The lowest BCUT2D eigenvalue weighted by molar-refractivity contribution is -0.120. The zero-order valence-corrected chi connectivity index (χ0v) is 20.7. The molecule has 0 unspecified atom stereocenters. The van der Waals surface area contributed by atoms with Crippen LogP contribution in [0.1, 0.15) is 63.5 Å². The number of sulfonamides is 1. The topological polar surface area (TPSA) is 112 Å². The lowest BCUT2D eigenvalue weighted by Gasteiger charge is -2.34. The van der Waals surface area contributed by atoms with Crippen LogP contribution in [0.4, 0.5) is 17.2 Å². The van der Waals surface area contributed by atoms with Crippen LogP contribution >= 0.6 is 0 Å². The normalized spacial score (nSPS) is 23.4. The molecule has 2 fully saturated rings. The van der Waals surface area contributed by atoms with E-state index in [0.29, 0.717) is 12.2 Å². The molecule has 1 aromatic heterocycles. The molecule has 1 aliphatic heterocycles. The lowest BCUT2D eigenvalue weighted by atomic mass is 9.91. The van der Waals surface area contributed by atoms with Gasteiger partial charge in [0.15, 0.2) is 0 Å². The molecular weight excluding hydrogens is 452 g/mol. The van der Waals surface area contributed by atoms with E-state index >= 15 is 0 Å². The van der Waals surface area contributed by atoms with Crippen molar-refractivity contribution in [2.75, 3.05) is 10.2 Å². The molecule has 2 heterocycles. The fourth-order valence-corrected chi connectivity index (χ4v) is 6.68. The number of carbonyl (C=O) groups excluding carboxylic acids is 1. The van der Waals surface area contributed by atoms with Crippen molar-refractivity contribution in [3.8, 4) is 0 Å². The molecular formula is C25H32N4O4S. The van der Waals surface area contributed by atoms with Crippen molar-refractivity contribution in [2.45, 2.75) is 87.8 Å². The highest BCUT2D eigenvalue weighted by Gasteiger charge is 2.60. The Bertz CT molecular complexity index is 1240. The second kappa shape index (κ2) is 8.32. The Balaban J connectivity index is 1.43. The SMILES string of the molecule is Cc1cc(S(=O)(=O)NC(C)C)ccc1Nc1cc2c(cn1)C1(CC1)C(=O)N2[C@H]1CCC[C@H](O)C1. The maximum absolute atomic E-state index is 13.4. The number of pyridine rings is 1. The van der Waals surface area contributed by atoms with E-state index in [1.165, 1.54) is 0 Å². The van der Waals surface area contributed by atoms with E-state index in [1.54, 1.807) is 32.0 Å². The number of hydrogen-bond donors (Lipinski definition) is 3. The summed E-state index contributed by atoms with van der Waals surface area (Å²) < 4.78 is 27.6. The number of fused-ring (bicyclic) bond motifs is 2. The predicted octanol–water partition coefficient (Wildman–Crippen LogP) is 3.50. The molecule has 2 aliphatic carbocycles. The quantitative estimate of drug-likeness (QED) is 0.579.